The van der Waals surface area contributed by atoms with E-state index < -0.39 is 0 Å². The van der Waals surface area contributed by atoms with E-state index in [4.69, 9.17) is 4.74 Å². The van der Waals surface area contributed by atoms with Gasteiger partial charge in [0.05, 0.1) is 12.8 Å². The topological polar surface area (TPSA) is 29.5 Å². The van der Waals surface area contributed by atoms with Crippen LogP contribution in [-0.2, 0) is 4.79 Å². The summed E-state index contributed by atoms with van der Waals surface area (Å²) >= 11 is 3.38. The minimum absolute atomic E-state index is 0.0550. The number of rotatable bonds is 3. The van der Waals surface area contributed by atoms with E-state index >= 15 is 0 Å². The molecule has 1 aromatic carbocycles. The van der Waals surface area contributed by atoms with E-state index in [1.54, 1.807) is 11.0 Å². The fourth-order valence-electron chi connectivity index (χ4n) is 1.99. The molecule has 0 aliphatic carbocycles. The Balaban J connectivity index is 2.31. The van der Waals surface area contributed by atoms with Crippen LogP contribution in [0.25, 0.3) is 0 Å². The first-order valence-corrected chi connectivity index (χ1v) is 6.47. The number of anilines is 1. The second-order valence-corrected chi connectivity index (χ2v) is 4.69. The van der Waals surface area contributed by atoms with Crippen LogP contribution in [0.3, 0.4) is 0 Å². The average molecular weight is 302 g/mol. The Hall–Kier alpha value is -1.10. The van der Waals surface area contributed by atoms with Crippen LogP contribution in [0.4, 0.5) is 10.1 Å². The first-order chi connectivity index (χ1) is 8.15. The Kier molecular flexibility index (Phi) is 3.66. The number of nitrogens with zero attached hydrogens (tertiary/aromatic N) is 1. The maximum absolute atomic E-state index is 13.1. The van der Waals surface area contributed by atoms with Gasteiger partial charge in [0.25, 0.3) is 0 Å². The van der Waals surface area contributed by atoms with Crippen molar-refractivity contribution in [2.75, 3.05) is 23.9 Å². The third-order valence-corrected chi connectivity index (χ3v) is 3.77. The van der Waals surface area contributed by atoms with Gasteiger partial charge in [0.2, 0.25) is 5.91 Å². The smallest absolute Gasteiger partial charge is 0.227 e. The number of ether oxygens (including phenoxy) is 1. The standard InChI is InChI=1S/C12H13BrFNO2/c1-17-11-5-9(14)2-3-10(11)15-7-8(6-13)4-12(15)16/h2-3,5,8H,4,6-7H2,1H3. The van der Waals surface area contributed by atoms with Crippen LogP contribution in [-0.4, -0.2) is 24.9 Å². The summed E-state index contributed by atoms with van der Waals surface area (Å²) in [4.78, 5) is 13.5. The van der Waals surface area contributed by atoms with Gasteiger partial charge < -0.3 is 9.64 Å². The quantitative estimate of drug-likeness (QED) is 0.803. The Labute approximate surface area is 108 Å². The number of methoxy groups -OCH3 is 1. The molecule has 3 nitrogen and oxygen atoms in total. The molecule has 1 aliphatic rings. The van der Waals surface area contributed by atoms with E-state index in [-0.39, 0.29) is 11.7 Å². The number of hydrogen-bond donors (Lipinski definition) is 0. The molecule has 0 aromatic heterocycles. The molecule has 1 amide bonds. The Morgan fingerprint density at radius 3 is 2.94 bits per heavy atom. The monoisotopic (exact) mass is 301 g/mol. The third kappa shape index (κ3) is 2.44. The van der Waals surface area contributed by atoms with Gasteiger partial charge in [0, 0.05) is 24.4 Å². The molecule has 0 radical (unpaired) electrons. The molecule has 0 N–H and O–H groups in total. The van der Waals surface area contributed by atoms with Gasteiger partial charge in [-0.1, -0.05) is 15.9 Å². The molecule has 0 spiro atoms. The normalized spacial score (nSPS) is 19.8. The predicted octanol–water partition coefficient (Wildman–Crippen LogP) is 2.58. The first kappa shape index (κ1) is 12.4. The van der Waals surface area contributed by atoms with Gasteiger partial charge in [0.1, 0.15) is 11.6 Å². The van der Waals surface area contributed by atoms with Crippen molar-refractivity contribution in [1.82, 2.24) is 0 Å². The number of hydrogen-bond acceptors (Lipinski definition) is 2. The molecule has 1 heterocycles. The number of benzene rings is 1. The van der Waals surface area contributed by atoms with E-state index in [1.807, 2.05) is 0 Å². The summed E-state index contributed by atoms with van der Waals surface area (Å²) < 4.78 is 18.2. The molecule has 2 rings (SSSR count). The lowest BCUT2D eigenvalue weighted by Crippen LogP contribution is -2.25. The fraction of sp³-hybridized carbons (Fsp3) is 0.417. The maximum Gasteiger partial charge on any atom is 0.227 e. The molecule has 5 heteroatoms. The van der Waals surface area contributed by atoms with Crippen LogP contribution >= 0.6 is 15.9 Å². The van der Waals surface area contributed by atoms with E-state index in [0.29, 0.717) is 30.3 Å². The van der Waals surface area contributed by atoms with E-state index in [1.165, 1.54) is 19.2 Å². The van der Waals surface area contributed by atoms with Crippen LogP contribution in [0, 0.1) is 11.7 Å². The van der Waals surface area contributed by atoms with Crippen molar-refractivity contribution in [2.24, 2.45) is 5.92 Å². The zero-order chi connectivity index (χ0) is 12.4. The van der Waals surface area contributed by atoms with Crippen LogP contribution in [0.2, 0.25) is 0 Å². The molecule has 0 bridgehead atoms. The number of carbonyl (C=O) groups excluding carboxylic acids is 1. The van der Waals surface area contributed by atoms with Crippen LogP contribution in [0.5, 0.6) is 5.75 Å². The minimum Gasteiger partial charge on any atom is -0.494 e. The molecule has 0 saturated carbocycles. The summed E-state index contributed by atoms with van der Waals surface area (Å²) in [5.74, 6) is 0.388. The van der Waals surface area contributed by atoms with E-state index in [2.05, 4.69) is 15.9 Å². The lowest BCUT2D eigenvalue weighted by Gasteiger charge is -2.19. The van der Waals surface area contributed by atoms with Gasteiger partial charge >= 0.3 is 0 Å². The van der Waals surface area contributed by atoms with Crippen molar-refractivity contribution in [3.63, 3.8) is 0 Å². The zero-order valence-electron chi connectivity index (χ0n) is 9.45. The fourth-order valence-corrected chi connectivity index (χ4v) is 2.43. The number of amides is 1. The molecule has 1 aliphatic heterocycles. The zero-order valence-corrected chi connectivity index (χ0v) is 11.0. The summed E-state index contributed by atoms with van der Waals surface area (Å²) in [6.45, 7) is 0.645. The molecule has 1 unspecified atom stereocenters. The summed E-state index contributed by atoms with van der Waals surface area (Å²) in [6.07, 6.45) is 0.520. The molecular formula is C12H13BrFNO2. The van der Waals surface area contributed by atoms with Crippen LogP contribution in [0.1, 0.15) is 6.42 Å². The summed E-state index contributed by atoms with van der Waals surface area (Å²) in [5, 5.41) is 0.790. The average Bonchev–Trinajstić information content (AvgIpc) is 2.70. The molecule has 1 fully saturated rings. The van der Waals surface area contributed by atoms with Crippen molar-refractivity contribution in [3.8, 4) is 5.75 Å². The highest BCUT2D eigenvalue weighted by molar-refractivity contribution is 9.09. The van der Waals surface area contributed by atoms with Crippen molar-refractivity contribution in [2.45, 2.75) is 6.42 Å². The Morgan fingerprint density at radius 2 is 2.35 bits per heavy atom. The summed E-state index contributed by atoms with van der Waals surface area (Å²) in [5.41, 5.74) is 0.641. The van der Waals surface area contributed by atoms with Gasteiger partial charge in [-0.2, -0.15) is 0 Å². The van der Waals surface area contributed by atoms with Crippen molar-refractivity contribution in [3.05, 3.63) is 24.0 Å². The molecule has 1 aromatic rings. The summed E-state index contributed by atoms with van der Waals surface area (Å²) in [7, 11) is 1.47. The highest BCUT2D eigenvalue weighted by Crippen LogP contribution is 2.33. The van der Waals surface area contributed by atoms with Gasteiger partial charge in [-0.05, 0) is 18.1 Å². The van der Waals surface area contributed by atoms with Gasteiger partial charge in [-0.3, -0.25) is 4.79 Å². The molecule has 1 atom stereocenters. The maximum atomic E-state index is 13.1. The van der Waals surface area contributed by atoms with Crippen molar-refractivity contribution < 1.29 is 13.9 Å². The third-order valence-electron chi connectivity index (χ3n) is 2.86. The molecule has 92 valence electrons. The Bertz CT molecular complexity index is 439. The number of alkyl halides is 1. The highest BCUT2D eigenvalue weighted by atomic mass is 79.9. The molecular weight excluding hydrogens is 289 g/mol. The van der Waals surface area contributed by atoms with Gasteiger partial charge in [0.15, 0.2) is 0 Å². The second kappa shape index (κ2) is 5.04. The van der Waals surface area contributed by atoms with Crippen LogP contribution < -0.4 is 9.64 Å². The van der Waals surface area contributed by atoms with E-state index in [0.717, 1.165) is 5.33 Å². The molecule has 1 saturated heterocycles. The second-order valence-electron chi connectivity index (χ2n) is 4.04. The van der Waals surface area contributed by atoms with Crippen molar-refractivity contribution in [1.29, 1.82) is 0 Å². The lowest BCUT2D eigenvalue weighted by atomic mass is 10.2. The van der Waals surface area contributed by atoms with Crippen LogP contribution in [0.15, 0.2) is 18.2 Å². The highest BCUT2D eigenvalue weighted by Gasteiger charge is 2.31. The molecule has 17 heavy (non-hydrogen) atoms. The summed E-state index contributed by atoms with van der Waals surface area (Å²) in [6, 6.07) is 4.22. The first-order valence-electron chi connectivity index (χ1n) is 5.35. The van der Waals surface area contributed by atoms with Gasteiger partial charge in [-0.15, -0.1) is 0 Å². The Morgan fingerprint density at radius 1 is 1.59 bits per heavy atom. The van der Waals surface area contributed by atoms with E-state index in [9.17, 15) is 9.18 Å². The number of carbonyl (C=O) groups is 1. The minimum atomic E-state index is -0.366. The predicted molar refractivity (Wildman–Crippen MR) is 67.2 cm³/mol. The number of halogens is 2. The SMILES string of the molecule is COc1cc(F)ccc1N1CC(CBr)CC1=O. The lowest BCUT2D eigenvalue weighted by molar-refractivity contribution is -0.117. The van der Waals surface area contributed by atoms with Crippen molar-refractivity contribution >= 4 is 27.5 Å². The largest absolute Gasteiger partial charge is 0.494 e. The van der Waals surface area contributed by atoms with Gasteiger partial charge in [-0.25, -0.2) is 4.39 Å².